The monoisotopic (exact) mass is 356 g/mol. The van der Waals surface area contributed by atoms with Gasteiger partial charge in [-0.3, -0.25) is 14.2 Å². The molecule has 1 aromatic heterocycles. The van der Waals surface area contributed by atoms with E-state index in [1.807, 2.05) is 6.07 Å². The van der Waals surface area contributed by atoms with Crippen molar-refractivity contribution in [1.82, 2.24) is 4.57 Å². The molecule has 0 radical (unpaired) electrons. The van der Waals surface area contributed by atoms with Crippen LogP contribution in [0.25, 0.3) is 0 Å². The van der Waals surface area contributed by atoms with E-state index in [0.29, 0.717) is 18.8 Å². The number of hydrogen-bond donors (Lipinski definition) is 1. The van der Waals surface area contributed by atoms with Crippen molar-refractivity contribution < 1.29 is 19.4 Å². The van der Waals surface area contributed by atoms with Gasteiger partial charge in [-0.05, 0) is 31.0 Å². The van der Waals surface area contributed by atoms with Gasteiger partial charge in [0, 0.05) is 25.8 Å². The van der Waals surface area contributed by atoms with Crippen LogP contribution < -0.4 is 10.3 Å². The molecule has 0 bridgehead atoms. The molecule has 136 valence electrons. The van der Waals surface area contributed by atoms with Gasteiger partial charge in [0.1, 0.15) is 17.4 Å². The summed E-state index contributed by atoms with van der Waals surface area (Å²) in [4.78, 5) is 25.4. The van der Waals surface area contributed by atoms with Gasteiger partial charge >= 0.3 is 0 Å². The molecule has 26 heavy (non-hydrogen) atoms. The fraction of sp³-hybridized carbons (Fsp3) is 0.316. The van der Waals surface area contributed by atoms with Crippen molar-refractivity contribution in [3.63, 3.8) is 0 Å². The van der Waals surface area contributed by atoms with E-state index in [-0.39, 0.29) is 28.8 Å². The molecule has 7 heteroatoms. The Morgan fingerprint density at radius 2 is 2.08 bits per heavy atom. The molecular weight excluding hydrogens is 336 g/mol. The number of nitrogens with zero attached hydrogens (tertiary/aromatic N) is 2. The van der Waals surface area contributed by atoms with E-state index in [2.05, 4.69) is 0 Å². The van der Waals surface area contributed by atoms with Crippen molar-refractivity contribution >= 4 is 5.78 Å². The lowest BCUT2D eigenvalue weighted by Crippen LogP contribution is -2.27. The maximum atomic E-state index is 13.0. The lowest BCUT2D eigenvalue weighted by molar-refractivity contribution is 0.103. The zero-order valence-electron chi connectivity index (χ0n) is 14.9. The van der Waals surface area contributed by atoms with Gasteiger partial charge < -0.3 is 14.6 Å². The molecule has 7 nitrogen and oxygen atoms in total. The second-order valence-electron chi connectivity index (χ2n) is 5.67. The number of hydrogen-bond acceptors (Lipinski definition) is 6. The molecule has 0 saturated carbocycles. The van der Waals surface area contributed by atoms with Crippen LogP contribution in [0.15, 0.2) is 29.1 Å². The molecule has 0 atom stereocenters. The molecule has 0 aliphatic heterocycles. The summed E-state index contributed by atoms with van der Waals surface area (Å²) in [6.45, 7) is 1.99. The number of pyridine rings is 1. The van der Waals surface area contributed by atoms with E-state index >= 15 is 0 Å². The average Bonchev–Trinajstić information content (AvgIpc) is 2.64. The maximum Gasteiger partial charge on any atom is 0.271 e. The van der Waals surface area contributed by atoms with Crippen molar-refractivity contribution in [3.05, 3.63) is 56.9 Å². The number of ketones is 1. The fourth-order valence-electron chi connectivity index (χ4n) is 2.71. The molecular formula is C19H20N2O5. The third-order valence-electron chi connectivity index (χ3n) is 4.09. The van der Waals surface area contributed by atoms with Gasteiger partial charge in [-0.2, -0.15) is 5.26 Å². The molecule has 0 aliphatic rings. The molecule has 1 heterocycles. The zero-order valence-corrected chi connectivity index (χ0v) is 14.9. The van der Waals surface area contributed by atoms with Gasteiger partial charge in [-0.25, -0.2) is 0 Å². The minimum atomic E-state index is -0.624. The summed E-state index contributed by atoms with van der Waals surface area (Å²) in [5.74, 6) is -0.451. The van der Waals surface area contributed by atoms with Crippen LogP contribution in [0.1, 0.15) is 33.5 Å². The molecule has 2 aromatic rings. The Bertz CT molecular complexity index is 925. The number of carbonyl (C=O) groups excluding carboxylic acids is 1. The number of nitriles is 1. The number of benzene rings is 1. The van der Waals surface area contributed by atoms with Crippen molar-refractivity contribution in [2.45, 2.75) is 19.9 Å². The highest BCUT2D eigenvalue weighted by Crippen LogP contribution is 2.26. The molecule has 0 unspecified atom stereocenters. The molecule has 1 aromatic carbocycles. The van der Waals surface area contributed by atoms with Gasteiger partial charge in [0.2, 0.25) is 5.88 Å². The molecule has 0 fully saturated rings. The topological polar surface area (TPSA) is 102 Å². The predicted molar refractivity (Wildman–Crippen MR) is 94.7 cm³/mol. The molecule has 1 N–H and O–H groups in total. The van der Waals surface area contributed by atoms with Crippen molar-refractivity contribution in [2.75, 3.05) is 20.8 Å². The first-order chi connectivity index (χ1) is 12.5. The summed E-state index contributed by atoms with van der Waals surface area (Å²) in [6.07, 6.45) is 0.449. The van der Waals surface area contributed by atoms with Crippen LogP contribution in [0, 0.1) is 18.3 Å². The normalized spacial score (nSPS) is 10.4. The van der Waals surface area contributed by atoms with Crippen molar-refractivity contribution in [3.8, 4) is 17.7 Å². The molecule has 2 rings (SSSR count). The molecule has 0 spiro atoms. The predicted octanol–water partition coefficient (Wildman–Crippen LogP) is 2.01. The summed E-state index contributed by atoms with van der Waals surface area (Å²) >= 11 is 0. The highest BCUT2D eigenvalue weighted by molar-refractivity contribution is 6.11. The van der Waals surface area contributed by atoms with E-state index in [1.54, 1.807) is 18.2 Å². The van der Waals surface area contributed by atoms with Crippen LogP contribution in [-0.4, -0.2) is 36.3 Å². The Labute approximate surface area is 151 Å². The molecule has 0 saturated heterocycles. The fourth-order valence-corrected chi connectivity index (χ4v) is 2.71. The number of aromatic hydroxyl groups is 1. The highest BCUT2D eigenvalue weighted by atomic mass is 16.5. The largest absolute Gasteiger partial charge is 0.497 e. The average molecular weight is 356 g/mol. The van der Waals surface area contributed by atoms with Gasteiger partial charge in [-0.15, -0.1) is 0 Å². The van der Waals surface area contributed by atoms with E-state index in [1.165, 1.54) is 27.2 Å². The van der Waals surface area contributed by atoms with E-state index in [4.69, 9.17) is 9.47 Å². The smallest absolute Gasteiger partial charge is 0.271 e. The second kappa shape index (κ2) is 8.32. The Balaban J connectivity index is 2.63. The number of carbonyl (C=O) groups is 1. The Morgan fingerprint density at radius 3 is 2.69 bits per heavy atom. The first-order valence-electron chi connectivity index (χ1n) is 8.00. The number of aromatic nitrogens is 1. The quantitative estimate of drug-likeness (QED) is 0.601. The minimum absolute atomic E-state index is 0.0631. The van der Waals surface area contributed by atoms with Gasteiger partial charge in [0.25, 0.3) is 5.56 Å². The lowest BCUT2D eigenvalue weighted by atomic mass is 9.97. The van der Waals surface area contributed by atoms with E-state index < -0.39 is 17.2 Å². The van der Waals surface area contributed by atoms with E-state index in [0.717, 1.165) is 4.57 Å². The number of methoxy groups -OCH3 is 2. The number of ether oxygens (including phenoxy) is 2. The van der Waals surface area contributed by atoms with Crippen molar-refractivity contribution in [1.29, 1.82) is 5.26 Å². The summed E-state index contributed by atoms with van der Waals surface area (Å²) in [5.41, 5.74) is -0.404. The first kappa shape index (κ1) is 19.2. The Morgan fingerprint density at radius 1 is 1.35 bits per heavy atom. The molecule has 0 aliphatic carbocycles. The van der Waals surface area contributed by atoms with E-state index in [9.17, 15) is 20.0 Å². The highest BCUT2D eigenvalue weighted by Gasteiger charge is 2.24. The standard InChI is InChI=1S/C19H20N2O5/c1-12-15(11-20)18(23)21(8-5-9-25-2)19(24)16(12)17(22)13-6-4-7-14(10-13)26-3/h4,6-7,10,24H,5,8-9H2,1-3H3. The summed E-state index contributed by atoms with van der Waals surface area (Å²) < 4.78 is 11.1. The van der Waals surface area contributed by atoms with Gasteiger partial charge in [0.05, 0.1) is 12.7 Å². The van der Waals surface area contributed by atoms with Crippen LogP contribution in [0.2, 0.25) is 0 Å². The SMILES string of the molecule is COCCCn1c(O)c(C(=O)c2cccc(OC)c2)c(C)c(C#N)c1=O. The van der Waals surface area contributed by atoms with Crippen molar-refractivity contribution in [2.24, 2.45) is 0 Å². The Hall–Kier alpha value is -3.11. The van der Waals surface area contributed by atoms with Crippen LogP contribution >= 0.6 is 0 Å². The second-order valence-corrected chi connectivity index (χ2v) is 5.67. The molecule has 0 amide bonds. The van der Waals surface area contributed by atoms with Crippen LogP contribution in [0.3, 0.4) is 0 Å². The Kier molecular flexibility index (Phi) is 6.15. The lowest BCUT2D eigenvalue weighted by Gasteiger charge is -2.15. The summed E-state index contributed by atoms with van der Waals surface area (Å²) in [7, 11) is 3.01. The third kappa shape index (κ3) is 3.60. The summed E-state index contributed by atoms with van der Waals surface area (Å²) in [6, 6.07) is 8.29. The summed E-state index contributed by atoms with van der Waals surface area (Å²) in [5, 5.41) is 19.9. The minimum Gasteiger partial charge on any atom is -0.497 e. The number of rotatable bonds is 7. The van der Waals surface area contributed by atoms with Gasteiger partial charge in [-0.1, -0.05) is 12.1 Å². The first-order valence-corrected chi connectivity index (χ1v) is 8.00. The third-order valence-corrected chi connectivity index (χ3v) is 4.09. The van der Waals surface area contributed by atoms with Crippen LogP contribution in [0.4, 0.5) is 0 Å². The zero-order chi connectivity index (χ0) is 19.3. The van der Waals surface area contributed by atoms with Crippen LogP contribution in [0.5, 0.6) is 11.6 Å². The van der Waals surface area contributed by atoms with Gasteiger partial charge in [0.15, 0.2) is 5.78 Å². The van der Waals surface area contributed by atoms with Crippen LogP contribution in [-0.2, 0) is 11.3 Å². The maximum absolute atomic E-state index is 13.0.